The summed E-state index contributed by atoms with van der Waals surface area (Å²) >= 11 is 0. The van der Waals surface area contributed by atoms with Gasteiger partial charge >= 0.3 is 0 Å². The van der Waals surface area contributed by atoms with Gasteiger partial charge in [0.1, 0.15) is 5.69 Å². The van der Waals surface area contributed by atoms with Crippen LogP contribution in [0.25, 0.3) is 22.8 Å². The van der Waals surface area contributed by atoms with Gasteiger partial charge in [0, 0.05) is 30.9 Å². The summed E-state index contributed by atoms with van der Waals surface area (Å²) < 4.78 is 44.8. The molecule has 1 fully saturated rings. The number of nitrogens with zero attached hydrogens (tertiary/aromatic N) is 5. The number of halogens is 3. The first-order chi connectivity index (χ1) is 15.4. The van der Waals surface area contributed by atoms with Gasteiger partial charge in [-0.1, -0.05) is 18.2 Å². The summed E-state index contributed by atoms with van der Waals surface area (Å²) in [5, 5.41) is 8.63. The van der Waals surface area contributed by atoms with Gasteiger partial charge in [-0.15, -0.1) is 0 Å². The zero-order chi connectivity index (χ0) is 22.3. The number of hydrogen-bond donors (Lipinski definition) is 0. The second kappa shape index (κ2) is 7.67. The molecule has 0 saturated carbocycles. The normalized spacial score (nSPS) is 15.3. The predicted molar refractivity (Wildman–Crippen MR) is 114 cm³/mol. The van der Waals surface area contributed by atoms with E-state index in [2.05, 4.69) is 10.2 Å². The lowest BCUT2D eigenvalue weighted by molar-refractivity contribution is 0.0257. The van der Waals surface area contributed by atoms with E-state index in [4.69, 9.17) is 0 Å². The van der Waals surface area contributed by atoms with Gasteiger partial charge in [0.15, 0.2) is 11.5 Å². The number of hydrogen-bond acceptors (Lipinski definition) is 4. The van der Waals surface area contributed by atoms with E-state index in [1.54, 1.807) is 23.0 Å². The molecule has 2 aromatic heterocycles. The third-order valence-corrected chi connectivity index (χ3v) is 5.41. The molecule has 6 nitrogen and oxygen atoms in total. The van der Waals surface area contributed by atoms with Crippen molar-refractivity contribution < 1.29 is 13.2 Å². The fourth-order valence-electron chi connectivity index (χ4n) is 3.81. The molecule has 32 heavy (non-hydrogen) atoms. The van der Waals surface area contributed by atoms with Crippen LogP contribution in [-0.4, -0.2) is 38.6 Å². The number of anilines is 1. The summed E-state index contributed by atoms with van der Waals surface area (Å²) in [4.78, 5) is 14.0. The fraction of sp³-hybridized carbons (Fsp3) is 0.174. The van der Waals surface area contributed by atoms with Gasteiger partial charge in [-0.25, -0.2) is 22.5 Å². The Morgan fingerprint density at radius 3 is 2.50 bits per heavy atom. The molecule has 0 N–H and O–H groups in total. The van der Waals surface area contributed by atoms with Crippen LogP contribution in [0.15, 0.2) is 77.9 Å². The Kier molecular flexibility index (Phi) is 4.80. The molecule has 1 aliphatic heterocycles. The van der Waals surface area contributed by atoms with Crippen LogP contribution in [0.4, 0.5) is 18.9 Å². The SMILES string of the molecule is O=c1ccn(-c2ccc(N3CCC(F)(F)C3)cc2F)nc1-c1ccnn1-c1ccccc1. The summed E-state index contributed by atoms with van der Waals surface area (Å²) in [6.07, 6.45) is 2.68. The van der Waals surface area contributed by atoms with Crippen LogP contribution in [0.2, 0.25) is 0 Å². The molecule has 3 heterocycles. The van der Waals surface area contributed by atoms with Gasteiger partial charge in [-0.05, 0) is 36.4 Å². The predicted octanol–water partition coefficient (Wildman–Crippen LogP) is 4.07. The third-order valence-electron chi connectivity index (χ3n) is 5.41. The largest absolute Gasteiger partial charge is 0.365 e. The summed E-state index contributed by atoms with van der Waals surface area (Å²) in [6, 6.07) is 16.5. The highest BCUT2D eigenvalue weighted by atomic mass is 19.3. The van der Waals surface area contributed by atoms with Gasteiger partial charge < -0.3 is 4.90 Å². The van der Waals surface area contributed by atoms with Crippen molar-refractivity contribution in [1.82, 2.24) is 19.6 Å². The highest BCUT2D eigenvalue weighted by Gasteiger charge is 2.38. The summed E-state index contributed by atoms with van der Waals surface area (Å²) in [5.41, 5.74) is 1.47. The van der Waals surface area contributed by atoms with Crippen LogP contribution >= 0.6 is 0 Å². The topological polar surface area (TPSA) is 56.0 Å². The van der Waals surface area contributed by atoms with Crippen molar-refractivity contribution in [3.05, 3.63) is 89.1 Å². The Morgan fingerprint density at radius 1 is 0.969 bits per heavy atom. The van der Waals surface area contributed by atoms with Crippen LogP contribution in [0, 0.1) is 5.82 Å². The zero-order valence-electron chi connectivity index (χ0n) is 16.8. The number of benzene rings is 2. The second-order valence-electron chi connectivity index (χ2n) is 7.60. The van der Waals surface area contributed by atoms with Crippen molar-refractivity contribution in [2.24, 2.45) is 0 Å². The molecular formula is C23H18F3N5O. The van der Waals surface area contributed by atoms with Crippen molar-refractivity contribution in [3.8, 4) is 22.8 Å². The lowest BCUT2D eigenvalue weighted by atomic mass is 10.2. The van der Waals surface area contributed by atoms with Crippen molar-refractivity contribution in [2.75, 3.05) is 18.0 Å². The first kappa shape index (κ1) is 20.0. The molecule has 9 heteroatoms. The molecular weight excluding hydrogens is 419 g/mol. The molecule has 0 unspecified atom stereocenters. The summed E-state index contributed by atoms with van der Waals surface area (Å²) in [6.45, 7) is -0.272. The molecule has 4 aromatic rings. The van der Waals surface area contributed by atoms with Gasteiger partial charge in [-0.3, -0.25) is 4.79 Å². The van der Waals surface area contributed by atoms with E-state index >= 15 is 0 Å². The number of para-hydroxylation sites is 1. The Labute approximate surface area is 181 Å². The van der Waals surface area contributed by atoms with E-state index in [1.807, 2.05) is 30.3 Å². The van der Waals surface area contributed by atoms with Gasteiger partial charge in [-0.2, -0.15) is 10.2 Å². The van der Waals surface area contributed by atoms with Crippen LogP contribution < -0.4 is 10.3 Å². The number of aromatic nitrogens is 4. The van der Waals surface area contributed by atoms with Crippen molar-refractivity contribution in [2.45, 2.75) is 12.3 Å². The standard InChI is InChI=1S/C23H18F3N5O/c24-18-14-17(29-13-10-23(25,26)15-29)6-7-19(18)30-12-9-21(32)22(28-30)20-8-11-27-31(20)16-4-2-1-3-5-16/h1-9,11-12,14H,10,13,15H2. The summed E-state index contributed by atoms with van der Waals surface area (Å²) in [7, 11) is 0. The van der Waals surface area contributed by atoms with Crippen LogP contribution in [0.3, 0.4) is 0 Å². The maximum atomic E-state index is 14.9. The molecule has 0 radical (unpaired) electrons. The van der Waals surface area contributed by atoms with E-state index in [0.29, 0.717) is 11.4 Å². The molecule has 0 aliphatic carbocycles. The molecule has 1 aliphatic rings. The number of alkyl halides is 2. The number of rotatable bonds is 4. The monoisotopic (exact) mass is 437 g/mol. The van der Waals surface area contributed by atoms with E-state index in [0.717, 1.165) is 5.69 Å². The Hall–Kier alpha value is -3.88. The Balaban J connectivity index is 1.52. The molecule has 0 spiro atoms. The summed E-state index contributed by atoms with van der Waals surface area (Å²) in [5.74, 6) is -3.40. The van der Waals surface area contributed by atoms with Crippen LogP contribution in [0.1, 0.15) is 6.42 Å². The fourth-order valence-corrected chi connectivity index (χ4v) is 3.81. The molecule has 1 saturated heterocycles. The molecule has 0 amide bonds. The molecule has 162 valence electrons. The lowest BCUT2D eigenvalue weighted by Crippen LogP contribution is -2.25. The first-order valence-electron chi connectivity index (χ1n) is 10.0. The second-order valence-corrected chi connectivity index (χ2v) is 7.60. The zero-order valence-corrected chi connectivity index (χ0v) is 16.8. The maximum Gasteiger partial charge on any atom is 0.266 e. The van der Waals surface area contributed by atoms with E-state index in [9.17, 15) is 18.0 Å². The minimum Gasteiger partial charge on any atom is -0.365 e. The highest BCUT2D eigenvalue weighted by molar-refractivity contribution is 5.58. The Bertz CT molecular complexity index is 1330. The van der Waals surface area contributed by atoms with Gasteiger partial charge in [0.2, 0.25) is 5.43 Å². The van der Waals surface area contributed by atoms with Crippen LogP contribution in [-0.2, 0) is 0 Å². The quantitative estimate of drug-likeness (QED) is 0.483. The maximum absolute atomic E-state index is 14.9. The van der Waals surface area contributed by atoms with E-state index < -0.39 is 18.3 Å². The molecule has 2 aromatic carbocycles. The first-order valence-corrected chi connectivity index (χ1v) is 10.0. The van der Waals surface area contributed by atoms with Gasteiger partial charge in [0.25, 0.3) is 5.92 Å². The van der Waals surface area contributed by atoms with Crippen LogP contribution in [0.5, 0.6) is 0 Å². The van der Waals surface area contributed by atoms with Crippen molar-refractivity contribution in [3.63, 3.8) is 0 Å². The smallest absolute Gasteiger partial charge is 0.266 e. The van der Waals surface area contributed by atoms with Gasteiger partial charge in [0.05, 0.1) is 24.1 Å². The van der Waals surface area contributed by atoms with E-state index in [1.165, 1.54) is 34.0 Å². The highest BCUT2D eigenvalue weighted by Crippen LogP contribution is 2.32. The minimum atomic E-state index is -2.77. The third kappa shape index (κ3) is 3.66. The van der Waals surface area contributed by atoms with Crippen molar-refractivity contribution >= 4 is 5.69 Å². The molecule has 0 bridgehead atoms. The van der Waals surface area contributed by atoms with E-state index in [-0.39, 0.29) is 29.8 Å². The molecule has 0 atom stereocenters. The lowest BCUT2D eigenvalue weighted by Gasteiger charge is -2.19. The molecule has 5 rings (SSSR count). The Morgan fingerprint density at radius 2 is 1.78 bits per heavy atom. The minimum absolute atomic E-state index is 0.103. The van der Waals surface area contributed by atoms with Crippen molar-refractivity contribution in [1.29, 1.82) is 0 Å². The average Bonchev–Trinajstić information content (AvgIpc) is 3.41. The average molecular weight is 437 g/mol.